The van der Waals surface area contributed by atoms with Crippen molar-refractivity contribution in [2.75, 3.05) is 11.1 Å². The molecule has 23 heavy (non-hydrogen) atoms. The highest BCUT2D eigenvalue weighted by Crippen LogP contribution is 2.14. The summed E-state index contributed by atoms with van der Waals surface area (Å²) >= 11 is 1.12. The molecule has 0 spiro atoms. The third-order valence-corrected chi connectivity index (χ3v) is 4.00. The lowest BCUT2D eigenvalue weighted by atomic mass is 10.2. The minimum Gasteiger partial charge on any atom is -0.478 e. The highest BCUT2D eigenvalue weighted by Gasteiger charge is 2.08. The summed E-state index contributed by atoms with van der Waals surface area (Å²) in [5, 5.41) is 11.8. The molecule has 120 valence electrons. The highest BCUT2D eigenvalue weighted by molar-refractivity contribution is 7.99. The Balaban J connectivity index is 1.95. The van der Waals surface area contributed by atoms with Crippen molar-refractivity contribution in [1.82, 2.24) is 9.97 Å². The van der Waals surface area contributed by atoms with Gasteiger partial charge in [-0.25, -0.2) is 9.78 Å². The highest BCUT2D eigenvalue weighted by atomic mass is 32.2. The maximum atomic E-state index is 11.9. The van der Waals surface area contributed by atoms with Gasteiger partial charge in [0.15, 0.2) is 5.16 Å². The van der Waals surface area contributed by atoms with Gasteiger partial charge in [-0.2, -0.15) is 0 Å². The summed E-state index contributed by atoms with van der Waals surface area (Å²) in [6.07, 6.45) is 0. The van der Waals surface area contributed by atoms with Crippen molar-refractivity contribution >= 4 is 29.3 Å². The zero-order valence-electron chi connectivity index (χ0n) is 12.5. The number of nitrogens with one attached hydrogen (secondary N) is 2. The second-order valence-corrected chi connectivity index (χ2v) is 5.76. The van der Waals surface area contributed by atoms with E-state index in [9.17, 15) is 14.4 Å². The molecule has 1 amide bonds. The lowest BCUT2D eigenvalue weighted by molar-refractivity contribution is -0.113. The maximum absolute atomic E-state index is 11.9. The van der Waals surface area contributed by atoms with Crippen LogP contribution in [-0.4, -0.2) is 32.7 Å². The fourth-order valence-electron chi connectivity index (χ4n) is 1.71. The lowest BCUT2D eigenvalue weighted by Crippen LogP contribution is -2.17. The molecule has 2 rings (SSSR count). The van der Waals surface area contributed by atoms with E-state index in [1.807, 2.05) is 0 Å². The minimum absolute atomic E-state index is 0.0755. The number of aromatic carboxylic acids is 1. The van der Waals surface area contributed by atoms with Crippen molar-refractivity contribution in [2.24, 2.45) is 0 Å². The van der Waals surface area contributed by atoms with Crippen LogP contribution in [-0.2, 0) is 4.79 Å². The third-order valence-electron chi connectivity index (χ3n) is 3.13. The fraction of sp³-hybridized carbons (Fsp3) is 0.200. The number of thioether (sulfide) groups is 1. The third kappa shape index (κ3) is 4.43. The van der Waals surface area contributed by atoms with Crippen LogP contribution in [0.1, 0.15) is 21.6 Å². The number of nitrogens with zero attached hydrogens (tertiary/aromatic N) is 1. The van der Waals surface area contributed by atoms with Crippen LogP contribution in [0.25, 0.3) is 0 Å². The van der Waals surface area contributed by atoms with E-state index < -0.39 is 5.97 Å². The van der Waals surface area contributed by atoms with Crippen LogP contribution in [0.3, 0.4) is 0 Å². The van der Waals surface area contributed by atoms with Crippen molar-refractivity contribution in [1.29, 1.82) is 0 Å². The number of anilines is 1. The first kappa shape index (κ1) is 16.8. The first-order valence-electron chi connectivity index (χ1n) is 6.70. The molecule has 3 N–H and O–H groups in total. The Hall–Kier alpha value is -2.61. The molecule has 0 saturated carbocycles. The zero-order chi connectivity index (χ0) is 17.0. The van der Waals surface area contributed by atoms with E-state index in [2.05, 4.69) is 15.3 Å². The summed E-state index contributed by atoms with van der Waals surface area (Å²) < 4.78 is 0. The molecule has 0 aliphatic heterocycles. The molecular formula is C15H15N3O4S. The molecule has 1 heterocycles. The monoisotopic (exact) mass is 333 g/mol. The van der Waals surface area contributed by atoms with Gasteiger partial charge in [0, 0.05) is 16.9 Å². The summed E-state index contributed by atoms with van der Waals surface area (Å²) in [7, 11) is 0. The summed E-state index contributed by atoms with van der Waals surface area (Å²) in [6.45, 7) is 3.42. The van der Waals surface area contributed by atoms with Gasteiger partial charge in [0.05, 0.1) is 11.3 Å². The maximum Gasteiger partial charge on any atom is 0.335 e. The number of aryl methyl sites for hydroxylation is 1. The van der Waals surface area contributed by atoms with Crippen molar-refractivity contribution in [3.8, 4) is 0 Å². The number of H-pyrrole nitrogens is 1. The predicted octanol–water partition coefficient (Wildman–Crippen LogP) is 1.82. The number of carboxylic acids is 1. The molecule has 0 aliphatic rings. The molecule has 8 heteroatoms. The molecule has 0 bridgehead atoms. The van der Waals surface area contributed by atoms with E-state index in [1.54, 1.807) is 13.8 Å². The number of hydrogen-bond donors (Lipinski definition) is 3. The summed E-state index contributed by atoms with van der Waals surface area (Å²) in [4.78, 5) is 41.1. The van der Waals surface area contributed by atoms with Gasteiger partial charge in [0.2, 0.25) is 5.91 Å². The SMILES string of the molecule is Cc1nc(SCC(=O)Nc2ccc(C(=O)O)cc2)[nH]c(=O)c1C. The molecule has 2 aromatic rings. The Bertz CT molecular complexity index is 799. The van der Waals surface area contributed by atoms with Crippen molar-refractivity contribution in [3.63, 3.8) is 0 Å². The Morgan fingerprint density at radius 3 is 2.48 bits per heavy atom. The zero-order valence-corrected chi connectivity index (χ0v) is 13.4. The number of amides is 1. The van der Waals surface area contributed by atoms with Gasteiger partial charge in [-0.1, -0.05) is 11.8 Å². The number of hydrogen-bond acceptors (Lipinski definition) is 5. The van der Waals surface area contributed by atoms with Crippen molar-refractivity contribution in [2.45, 2.75) is 19.0 Å². The molecular weight excluding hydrogens is 318 g/mol. The van der Waals surface area contributed by atoms with E-state index in [4.69, 9.17) is 5.11 Å². The lowest BCUT2D eigenvalue weighted by Gasteiger charge is -2.06. The Morgan fingerprint density at radius 2 is 1.91 bits per heavy atom. The van der Waals surface area contributed by atoms with Crippen molar-refractivity contribution in [3.05, 3.63) is 51.4 Å². The number of carboxylic acid groups (broad SMARTS) is 1. The molecule has 1 aromatic heterocycles. The second-order valence-electron chi connectivity index (χ2n) is 4.80. The molecule has 0 radical (unpaired) electrons. The first-order valence-corrected chi connectivity index (χ1v) is 7.69. The van der Waals surface area contributed by atoms with Crippen LogP contribution >= 0.6 is 11.8 Å². The standard InChI is InChI=1S/C15H15N3O4S/c1-8-9(2)16-15(18-13(8)20)23-7-12(19)17-11-5-3-10(4-6-11)14(21)22/h3-6H,7H2,1-2H3,(H,17,19)(H,21,22)(H,16,18,20). The van der Waals surface area contributed by atoms with Gasteiger partial charge >= 0.3 is 5.97 Å². The number of aromatic amines is 1. The van der Waals surface area contributed by atoms with Crippen LogP contribution in [0.2, 0.25) is 0 Å². The molecule has 1 aromatic carbocycles. The van der Waals surface area contributed by atoms with Gasteiger partial charge in [-0.15, -0.1) is 0 Å². The van der Waals surface area contributed by atoms with E-state index in [0.717, 1.165) is 11.8 Å². The number of aromatic nitrogens is 2. The molecule has 0 aliphatic carbocycles. The number of carbonyl (C=O) groups is 2. The molecule has 0 fully saturated rings. The quantitative estimate of drug-likeness (QED) is 0.568. The number of benzene rings is 1. The largest absolute Gasteiger partial charge is 0.478 e. The molecule has 0 saturated heterocycles. The Morgan fingerprint density at radius 1 is 1.26 bits per heavy atom. The predicted molar refractivity (Wildman–Crippen MR) is 87.1 cm³/mol. The summed E-state index contributed by atoms with van der Waals surface area (Å²) in [5.41, 5.74) is 1.61. The average Bonchev–Trinajstić information content (AvgIpc) is 2.51. The fourth-order valence-corrected chi connectivity index (χ4v) is 2.42. The molecule has 0 atom stereocenters. The topological polar surface area (TPSA) is 112 Å². The van der Waals surface area contributed by atoms with E-state index in [-0.39, 0.29) is 22.8 Å². The van der Waals surface area contributed by atoms with E-state index >= 15 is 0 Å². The molecule has 0 unspecified atom stereocenters. The minimum atomic E-state index is -1.02. The Kier molecular flexibility index (Phi) is 5.17. The van der Waals surface area contributed by atoms with E-state index in [0.29, 0.717) is 22.1 Å². The number of carbonyl (C=O) groups excluding carboxylic acids is 1. The second kappa shape index (κ2) is 7.10. The van der Waals surface area contributed by atoms with Crippen molar-refractivity contribution < 1.29 is 14.7 Å². The van der Waals surface area contributed by atoms with Gasteiger partial charge < -0.3 is 15.4 Å². The van der Waals surface area contributed by atoms with Crippen LogP contribution in [0.15, 0.2) is 34.2 Å². The van der Waals surface area contributed by atoms with Crippen LogP contribution < -0.4 is 10.9 Å². The molecule has 7 nitrogen and oxygen atoms in total. The van der Waals surface area contributed by atoms with Crippen LogP contribution in [0.4, 0.5) is 5.69 Å². The van der Waals surface area contributed by atoms with Gasteiger partial charge in [-0.05, 0) is 38.1 Å². The van der Waals surface area contributed by atoms with Gasteiger partial charge in [-0.3, -0.25) is 9.59 Å². The number of rotatable bonds is 5. The first-order chi connectivity index (χ1) is 10.9. The van der Waals surface area contributed by atoms with Gasteiger partial charge in [0.1, 0.15) is 0 Å². The van der Waals surface area contributed by atoms with Gasteiger partial charge in [0.25, 0.3) is 5.56 Å². The summed E-state index contributed by atoms with van der Waals surface area (Å²) in [6, 6.07) is 5.85. The normalized spacial score (nSPS) is 10.3. The van der Waals surface area contributed by atoms with E-state index in [1.165, 1.54) is 24.3 Å². The van der Waals surface area contributed by atoms with Crippen LogP contribution in [0.5, 0.6) is 0 Å². The Labute approximate surface area is 136 Å². The average molecular weight is 333 g/mol. The smallest absolute Gasteiger partial charge is 0.335 e. The summed E-state index contributed by atoms with van der Waals surface area (Å²) in [5.74, 6) is -1.23. The van der Waals surface area contributed by atoms with Crippen LogP contribution in [0, 0.1) is 13.8 Å².